The lowest BCUT2D eigenvalue weighted by Gasteiger charge is -2.27. The zero-order valence-electron chi connectivity index (χ0n) is 13.8. The number of para-hydroxylation sites is 2. The first-order chi connectivity index (χ1) is 12.3. The fourth-order valence-electron chi connectivity index (χ4n) is 3.53. The standard InChI is InChI=1S/C21H17N3S/c1-14-7-2-3-8-15(14)19-13-17(20-11-6-12-25-20)23-21-22-16-9-4-5-10-18(16)24(19)21/h2-13,19H,1H3,(H,22,23). The van der Waals surface area contributed by atoms with Gasteiger partial charge in [-0.15, -0.1) is 11.3 Å². The highest BCUT2D eigenvalue weighted by molar-refractivity contribution is 7.11. The molecule has 1 unspecified atom stereocenters. The number of anilines is 1. The van der Waals surface area contributed by atoms with Crippen LogP contribution in [0.2, 0.25) is 0 Å². The summed E-state index contributed by atoms with van der Waals surface area (Å²) in [7, 11) is 0. The first-order valence-corrected chi connectivity index (χ1v) is 9.24. The molecular formula is C21H17N3S. The number of hydrogen-bond acceptors (Lipinski definition) is 3. The van der Waals surface area contributed by atoms with Crippen molar-refractivity contribution in [1.29, 1.82) is 0 Å². The smallest absolute Gasteiger partial charge is 0.209 e. The Balaban J connectivity index is 1.77. The Morgan fingerprint density at radius 2 is 1.84 bits per heavy atom. The number of imidazole rings is 1. The number of hydrogen-bond donors (Lipinski definition) is 1. The quantitative estimate of drug-likeness (QED) is 0.523. The van der Waals surface area contributed by atoms with E-state index < -0.39 is 0 Å². The normalized spacial score (nSPS) is 16.4. The summed E-state index contributed by atoms with van der Waals surface area (Å²) in [6, 6.07) is 21.3. The molecule has 1 aliphatic heterocycles. The third-order valence-electron chi connectivity index (χ3n) is 4.74. The third-order valence-corrected chi connectivity index (χ3v) is 5.64. The molecule has 0 fully saturated rings. The number of rotatable bonds is 2. The Morgan fingerprint density at radius 1 is 1.00 bits per heavy atom. The van der Waals surface area contributed by atoms with Crippen molar-refractivity contribution in [2.24, 2.45) is 0 Å². The number of allylic oxidation sites excluding steroid dienone is 1. The van der Waals surface area contributed by atoms with Crippen molar-refractivity contribution in [1.82, 2.24) is 9.55 Å². The van der Waals surface area contributed by atoms with Crippen LogP contribution in [0.25, 0.3) is 16.7 Å². The maximum atomic E-state index is 4.83. The molecule has 25 heavy (non-hydrogen) atoms. The molecule has 2 aromatic heterocycles. The summed E-state index contributed by atoms with van der Waals surface area (Å²) < 4.78 is 2.30. The maximum Gasteiger partial charge on any atom is 0.209 e. The predicted octanol–water partition coefficient (Wildman–Crippen LogP) is 5.46. The van der Waals surface area contributed by atoms with E-state index in [0.717, 1.165) is 22.7 Å². The summed E-state index contributed by atoms with van der Waals surface area (Å²) in [6.45, 7) is 2.18. The molecule has 0 bridgehead atoms. The van der Waals surface area contributed by atoms with E-state index in [1.165, 1.54) is 16.0 Å². The van der Waals surface area contributed by atoms with Gasteiger partial charge in [0.25, 0.3) is 0 Å². The van der Waals surface area contributed by atoms with E-state index >= 15 is 0 Å². The van der Waals surface area contributed by atoms with E-state index in [-0.39, 0.29) is 6.04 Å². The highest BCUT2D eigenvalue weighted by Crippen LogP contribution is 2.38. The number of nitrogens with zero attached hydrogens (tertiary/aromatic N) is 2. The van der Waals surface area contributed by atoms with Gasteiger partial charge in [-0.25, -0.2) is 4.98 Å². The Hall–Kier alpha value is -2.85. The lowest BCUT2D eigenvalue weighted by atomic mass is 9.98. The maximum absolute atomic E-state index is 4.83. The number of aryl methyl sites for hydroxylation is 1. The van der Waals surface area contributed by atoms with Crippen LogP contribution in [0.3, 0.4) is 0 Å². The van der Waals surface area contributed by atoms with Crippen molar-refractivity contribution in [3.8, 4) is 0 Å². The zero-order chi connectivity index (χ0) is 16.8. The molecule has 0 saturated carbocycles. The minimum Gasteiger partial charge on any atom is -0.324 e. The van der Waals surface area contributed by atoms with Crippen LogP contribution < -0.4 is 5.32 Å². The molecule has 0 saturated heterocycles. The number of benzene rings is 2. The average molecular weight is 343 g/mol. The first-order valence-electron chi connectivity index (χ1n) is 8.36. The molecular weight excluding hydrogens is 326 g/mol. The second-order valence-electron chi connectivity index (χ2n) is 6.28. The summed E-state index contributed by atoms with van der Waals surface area (Å²) in [5.74, 6) is 0.903. The largest absolute Gasteiger partial charge is 0.324 e. The van der Waals surface area contributed by atoms with Crippen LogP contribution in [-0.4, -0.2) is 9.55 Å². The molecule has 1 aliphatic rings. The van der Waals surface area contributed by atoms with Crippen molar-refractivity contribution < 1.29 is 0 Å². The van der Waals surface area contributed by atoms with E-state index in [2.05, 4.69) is 82.9 Å². The fourth-order valence-corrected chi connectivity index (χ4v) is 4.24. The monoisotopic (exact) mass is 343 g/mol. The van der Waals surface area contributed by atoms with Crippen LogP contribution in [-0.2, 0) is 0 Å². The van der Waals surface area contributed by atoms with Gasteiger partial charge in [-0.05, 0) is 47.7 Å². The van der Waals surface area contributed by atoms with E-state index in [1.807, 2.05) is 6.07 Å². The van der Waals surface area contributed by atoms with Gasteiger partial charge in [0, 0.05) is 0 Å². The van der Waals surface area contributed by atoms with E-state index in [9.17, 15) is 0 Å². The fraction of sp³-hybridized carbons (Fsp3) is 0.0952. The highest BCUT2D eigenvalue weighted by atomic mass is 32.1. The van der Waals surface area contributed by atoms with Gasteiger partial charge in [0.05, 0.1) is 27.6 Å². The third kappa shape index (κ3) is 2.29. The predicted molar refractivity (Wildman–Crippen MR) is 105 cm³/mol. The molecule has 0 aliphatic carbocycles. The van der Waals surface area contributed by atoms with E-state index in [0.29, 0.717) is 0 Å². The zero-order valence-corrected chi connectivity index (χ0v) is 14.6. The Labute approximate surface area is 150 Å². The van der Waals surface area contributed by atoms with Gasteiger partial charge < -0.3 is 5.32 Å². The summed E-state index contributed by atoms with van der Waals surface area (Å²) in [6.07, 6.45) is 2.31. The summed E-state index contributed by atoms with van der Waals surface area (Å²) in [5, 5.41) is 5.64. The highest BCUT2D eigenvalue weighted by Gasteiger charge is 2.26. The molecule has 0 spiro atoms. The summed E-state index contributed by atoms with van der Waals surface area (Å²) in [4.78, 5) is 6.07. The van der Waals surface area contributed by atoms with E-state index in [1.54, 1.807) is 11.3 Å². The van der Waals surface area contributed by atoms with Crippen molar-refractivity contribution in [2.45, 2.75) is 13.0 Å². The van der Waals surface area contributed by atoms with Crippen LogP contribution in [0.4, 0.5) is 5.95 Å². The average Bonchev–Trinajstić information content (AvgIpc) is 3.29. The minimum atomic E-state index is 0.127. The van der Waals surface area contributed by atoms with Gasteiger partial charge in [0.15, 0.2) is 0 Å². The van der Waals surface area contributed by atoms with Crippen LogP contribution in [0, 0.1) is 6.92 Å². The molecule has 0 amide bonds. The minimum absolute atomic E-state index is 0.127. The van der Waals surface area contributed by atoms with Crippen LogP contribution in [0.1, 0.15) is 22.0 Å². The van der Waals surface area contributed by atoms with Gasteiger partial charge in [-0.1, -0.05) is 42.5 Å². The number of thiophene rings is 1. The topological polar surface area (TPSA) is 29.9 Å². The Morgan fingerprint density at radius 3 is 2.68 bits per heavy atom. The molecule has 3 heterocycles. The van der Waals surface area contributed by atoms with Crippen molar-refractivity contribution in [3.63, 3.8) is 0 Å². The number of fused-ring (bicyclic) bond motifs is 3. The molecule has 5 rings (SSSR count). The molecule has 1 atom stereocenters. The second kappa shape index (κ2) is 5.60. The lowest BCUT2D eigenvalue weighted by molar-refractivity contribution is 0.716. The number of nitrogens with one attached hydrogen (secondary N) is 1. The van der Waals surface area contributed by atoms with Crippen LogP contribution in [0.15, 0.2) is 72.1 Å². The molecule has 122 valence electrons. The lowest BCUT2D eigenvalue weighted by Crippen LogP contribution is -2.19. The second-order valence-corrected chi connectivity index (χ2v) is 7.23. The first kappa shape index (κ1) is 14.5. The Kier molecular flexibility index (Phi) is 3.25. The van der Waals surface area contributed by atoms with E-state index in [4.69, 9.17) is 4.98 Å². The molecule has 1 N–H and O–H groups in total. The Bertz CT molecular complexity index is 1090. The summed E-state index contributed by atoms with van der Waals surface area (Å²) >= 11 is 1.74. The molecule has 3 nitrogen and oxygen atoms in total. The van der Waals surface area contributed by atoms with Crippen LogP contribution >= 0.6 is 11.3 Å². The van der Waals surface area contributed by atoms with Gasteiger partial charge in [0.2, 0.25) is 5.95 Å². The molecule has 4 aromatic rings. The van der Waals surface area contributed by atoms with Crippen molar-refractivity contribution in [2.75, 3.05) is 5.32 Å². The van der Waals surface area contributed by atoms with Gasteiger partial charge in [0.1, 0.15) is 0 Å². The van der Waals surface area contributed by atoms with Crippen molar-refractivity contribution >= 4 is 34.0 Å². The van der Waals surface area contributed by atoms with Gasteiger partial charge in [-0.3, -0.25) is 4.57 Å². The van der Waals surface area contributed by atoms with Crippen molar-refractivity contribution in [3.05, 3.63) is 88.1 Å². The molecule has 0 radical (unpaired) electrons. The van der Waals surface area contributed by atoms with Gasteiger partial charge in [-0.2, -0.15) is 0 Å². The summed E-state index contributed by atoms with van der Waals surface area (Å²) in [5.41, 5.74) is 5.90. The number of aromatic nitrogens is 2. The SMILES string of the molecule is Cc1ccccc1C1C=C(c2cccs2)Nc2nc3ccccc3n21. The molecule has 4 heteroatoms. The van der Waals surface area contributed by atoms with Crippen LogP contribution in [0.5, 0.6) is 0 Å². The molecule has 2 aromatic carbocycles. The van der Waals surface area contributed by atoms with Gasteiger partial charge >= 0.3 is 0 Å².